The fourth-order valence-electron chi connectivity index (χ4n) is 2.62. The van der Waals surface area contributed by atoms with E-state index in [2.05, 4.69) is 20.7 Å². The zero-order valence-corrected chi connectivity index (χ0v) is 13.2. The molecule has 3 atom stereocenters. The lowest BCUT2D eigenvalue weighted by Gasteiger charge is -2.24. The molecule has 0 bridgehead atoms. The van der Waals surface area contributed by atoms with E-state index >= 15 is 0 Å². The lowest BCUT2D eigenvalue weighted by atomic mass is 9.93. The standard InChI is InChI=1S/C14H16BrNO5/c1-20-13(17)10-7-11(14(18)21-2)16(19)12(10)8-3-5-9(15)6-4-8/h3-6,10-12,19H,7H2,1-2H3/t10-,11-,12-/m0/s1. The summed E-state index contributed by atoms with van der Waals surface area (Å²) in [6.07, 6.45) is 0.149. The van der Waals surface area contributed by atoms with Crippen molar-refractivity contribution in [2.45, 2.75) is 18.5 Å². The van der Waals surface area contributed by atoms with Crippen LogP contribution in [0.5, 0.6) is 0 Å². The lowest BCUT2D eigenvalue weighted by Crippen LogP contribution is -2.36. The number of benzene rings is 1. The second-order valence-corrected chi connectivity index (χ2v) is 5.70. The first-order chi connectivity index (χ1) is 9.99. The molecule has 2 rings (SSSR count). The minimum absolute atomic E-state index is 0.149. The van der Waals surface area contributed by atoms with E-state index in [0.717, 1.165) is 15.1 Å². The van der Waals surface area contributed by atoms with Gasteiger partial charge in [-0.3, -0.25) is 9.59 Å². The van der Waals surface area contributed by atoms with Crippen LogP contribution < -0.4 is 0 Å². The molecule has 1 aliphatic heterocycles. The third-order valence-electron chi connectivity index (χ3n) is 3.65. The Morgan fingerprint density at radius 3 is 2.29 bits per heavy atom. The van der Waals surface area contributed by atoms with Gasteiger partial charge in [-0.25, -0.2) is 0 Å². The Kier molecular flexibility index (Phi) is 4.97. The topological polar surface area (TPSA) is 76.1 Å². The number of carbonyl (C=O) groups excluding carboxylic acids is 2. The number of carbonyl (C=O) groups is 2. The van der Waals surface area contributed by atoms with Crippen LogP contribution >= 0.6 is 15.9 Å². The number of ether oxygens (including phenoxy) is 2. The summed E-state index contributed by atoms with van der Waals surface area (Å²) in [6, 6.07) is 5.66. The van der Waals surface area contributed by atoms with Crippen LogP contribution in [0.1, 0.15) is 18.0 Å². The van der Waals surface area contributed by atoms with Crippen molar-refractivity contribution >= 4 is 27.9 Å². The van der Waals surface area contributed by atoms with Crippen molar-refractivity contribution in [3.8, 4) is 0 Å². The van der Waals surface area contributed by atoms with Crippen LogP contribution in [0.15, 0.2) is 28.7 Å². The van der Waals surface area contributed by atoms with Gasteiger partial charge in [-0.1, -0.05) is 28.1 Å². The number of hydrogen-bond acceptors (Lipinski definition) is 6. The summed E-state index contributed by atoms with van der Waals surface area (Å²) < 4.78 is 10.3. The van der Waals surface area contributed by atoms with Gasteiger partial charge in [-0.15, -0.1) is 0 Å². The summed E-state index contributed by atoms with van der Waals surface area (Å²) in [5, 5.41) is 11.2. The normalized spacial score (nSPS) is 25.6. The minimum atomic E-state index is -0.882. The quantitative estimate of drug-likeness (QED) is 0.832. The Morgan fingerprint density at radius 1 is 1.19 bits per heavy atom. The number of methoxy groups -OCH3 is 2. The molecule has 0 spiro atoms. The highest BCUT2D eigenvalue weighted by atomic mass is 79.9. The number of nitrogens with zero attached hydrogens (tertiary/aromatic N) is 1. The van der Waals surface area contributed by atoms with E-state index in [9.17, 15) is 14.8 Å². The Hall–Kier alpha value is -1.44. The highest BCUT2D eigenvalue weighted by Crippen LogP contribution is 2.41. The van der Waals surface area contributed by atoms with Gasteiger partial charge in [0.15, 0.2) is 0 Å². The van der Waals surface area contributed by atoms with Crippen LogP contribution in [0.3, 0.4) is 0 Å². The molecule has 1 aromatic carbocycles. The van der Waals surface area contributed by atoms with Gasteiger partial charge in [0.2, 0.25) is 0 Å². The predicted molar refractivity (Wildman–Crippen MR) is 76.4 cm³/mol. The van der Waals surface area contributed by atoms with Gasteiger partial charge in [0.05, 0.1) is 26.2 Å². The molecule has 6 nitrogen and oxygen atoms in total. The number of hydrogen-bond donors (Lipinski definition) is 1. The summed E-state index contributed by atoms with van der Waals surface area (Å²) in [4.78, 5) is 23.7. The molecule has 1 aliphatic rings. The van der Waals surface area contributed by atoms with Crippen molar-refractivity contribution in [1.29, 1.82) is 0 Å². The molecule has 7 heteroatoms. The van der Waals surface area contributed by atoms with Crippen LogP contribution in [-0.4, -0.2) is 42.5 Å². The molecule has 1 N–H and O–H groups in total. The van der Waals surface area contributed by atoms with E-state index in [1.807, 2.05) is 12.1 Å². The van der Waals surface area contributed by atoms with E-state index in [-0.39, 0.29) is 6.42 Å². The summed E-state index contributed by atoms with van der Waals surface area (Å²) in [5.74, 6) is -1.68. The van der Waals surface area contributed by atoms with Gasteiger partial charge in [-0.2, -0.15) is 5.06 Å². The first kappa shape index (κ1) is 15.9. The number of hydroxylamine groups is 2. The molecule has 114 valence electrons. The Morgan fingerprint density at radius 2 is 1.76 bits per heavy atom. The van der Waals surface area contributed by atoms with Gasteiger partial charge >= 0.3 is 11.9 Å². The molecule has 0 amide bonds. The summed E-state index contributed by atoms with van der Waals surface area (Å²) in [6.45, 7) is 0. The van der Waals surface area contributed by atoms with Crippen LogP contribution in [0.2, 0.25) is 0 Å². The Bertz CT molecular complexity index is 533. The molecular formula is C14H16BrNO5. The SMILES string of the molecule is COC(=O)[C@H]1C[C@@H](C(=O)OC)N(O)[C@H]1c1ccc(Br)cc1. The smallest absolute Gasteiger partial charge is 0.325 e. The maximum Gasteiger partial charge on any atom is 0.325 e. The predicted octanol–water partition coefficient (Wildman–Crippen LogP) is 1.92. The molecule has 0 aliphatic carbocycles. The van der Waals surface area contributed by atoms with Gasteiger partial charge < -0.3 is 14.7 Å². The lowest BCUT2D eigenvalue weighted by molar-refractivity contribution is -0.177. The minimum Gasteiger partial charge on any atom is -0.469 e. The molecule has 1 saturated heterocycles. The molecule has 1 fully saturated rings. The highest BCUT2D eigenvalue weighted by Gasteiger charge is 2.49. The van der Waals surface area contributed by atoms with E-state index < -0.39 is 29.9 Å². The fourth-order valence-corrected chi connectivity index (χ4v) is 2.88. The summed E-state index contributed by atoms with van der Waals surface area (Å²) >= 11 is 3.33. The Balaban J connectivity index is 2.36. The van der Waals surface area contributed by atoms with E-state index in [4.69, 9.17) is 4.74 Å². The zero-order valence-electron chi connectivity index (χ0n) is 11.7. The maximum atomic E-state index is 11.9. The molecule has 0 aromatic heterocycles. The second kappa shape index (κ2) is 6.55. The van der Waals surface area contributed by atoms with E-state index in [1.54, 1.807) is 12.1 Å². The number of esters is 2. The first-order valence-corrected chi connectivity index (χ1v) is 7.17. The molecule has 0 unspecified atom stereocenters. The monoisotopic (exact) mass is 357 g/mol. The highest BCUT2D eigenvalue weighted by molar-refractivity contribution is 9.10. The van der Waals surface area contributed by atoms with Gasteiger partial charge in [0, 0.05) is 4.47 Å². The third-order valence-corrected chi connectivity index (χ3v) is 4.18. The summed E-state index contributed by atoms with van der Waals surface area (Å²) in [7, 11) is 2.53. The second-order valence-electron chi connectivity index (χ2n) is 4.78. The van der Waals surface area contributed by atoms with Crippen LogP contribution in [0, 0.1) is 5.92 Å². The average Bonchev–Trinajstić information content (AvgIpc) is 2.84. The molecule has 0 saturated carbocycles. The Labute approximate surface area is 130 Å². The number of rotatable bonds is 3. The molecule has 1 heterocycles. The molecule has 0 radical (unpaired) electrons. The van der Waals surface area contributed by atoms with E-state index in [1.165, 1.54) is 14.2 Å². The zero-order chi connectivity index (χ0) is 15.6. The van der Waals surface area contributed by atoms with Gasteiger partial charge in [0.25, 0.3) is 0 Å². The van der Waals surface area contributed by atoms with Gasteiger partial charge in [-0.05, 0) is 24.1 Å². The molecular weight excluding hydrogens is 342 g/mol. The average molecular weight is 358 g/mol. The van der Waals surface area contributed by atoms with Crippen molar-refractivity contribution in [1.82, 2.24) is 5.06 Å². The van der Waals surface area contributed by atoms with E-state index in [0.29, 0.717) is 0 Å². The third kappa shape index (κ3) is 3.09. The van der Waals surface area contributed by atoms with Crippen molar-refractivity contribution in [2.24, 2.45) is 5.92 Å². The first-order valence-electron chi connectivity index (χ1n) is 6.38. The van der Waals surface area contributed by atoms with Gasteiger partial charge in [0.1, 0.15) is 6.04 Å². The number of halogens is 1. The fraction of sp³-hybridized carbons (Fsp3) is 0.429. The van der Waals surface area contributed by atoms with Crippen LogP contribution in [0.4, 0.5) is 0 Å². The largest absolute Gasteiger partial charge is 0.469 e. The van der Waals surface area contributed by atoms with Crippen LogP contribution in [0.25, 0.3) is 0 Å². The van der Waals surface area contributed by atoms with Crippen molar-refractivity contribution in [3.05, 3.63) is 34.3 Å². The van der Waals surface area contributed by atoms with Crippen molar-refractivity contribution < 1.29 is 24.3 Å². The van der Waals surface area contributed by atoms with Crippen molar-refractivity contribution in [2.75, 3.05) is 14.2 Å². The maximum absolute atomic E-state index is 11.9. The summed E-state index contributed by atoms with van der Waals surface area (Å²) in [5.41, 5.74) is 0.725. The molecule has 21 heavy (non-hydrogen) atoms. The van der Waals surface area contributed by atoms with Crippen LogP contribution in [-0.2, 0) is 19.1 Å². The van der Waals surface area contributed by atoms with Crippen molar-refractivity contribution in [3.63, 3.8) is 0 Å². The molecule has 1 aromatic rings.